The second-order valence-electron chi connectivity index (χ2n) is 4.69. The quantitative estimate of drug-likeness (QED) is 0.838. The van der Waals surface area contributed by atoms with Gasteiger partial charge in [-0.05, 0) is 44.3 Å². The summed E-state index contributed by atoms with van der Waals surface area (Å²) in [5.41, 5.74) is 1.42. The summed E-state index contributed by atoms with van der Waals surface area (Å²) in [6.07, 6.45) is 4.37. The Morgan fingerprint density at radius 1 is 1.25 bits per heavy atom. The summed E-state index contributed by atoms with van der Waals surface area (Å²) in [6.45, 7) is 3.15. The molecule has 2 nitrogen and oxygen atoms in total. The summed E-state index contributed by atoms with van der Waals surface area (Å²) >= 11 is 0. The zero-order valence-electron chi connectivity index (χ0n) is 9.81. The SMILES string of the molecule is O[C@H]1CCCN(CCCc2ccccc2)C1. The number of likely N-dealkylation sites (tertiary alicyclic amines) is 1. The number of piperidine rings is 1. The highest BCUT2D eigenvalue weighted by Crippen LogP contribution is 2.11. The minimum Gasteiger partial charge on any atom is -0.392 e. The monoisotopic (exact) mass is 219 g/mol. The summed E-state index contributed by atoms with van der Waals surface area (Å²) in [7, 11) is 0. The molecule has 1 atom stereocenters. The number of aliphatic hydroxyl groups is 1. The van der Waals surface area contributed by atoms with Gasteiger partial charge in [-0.1, -0.05) is 30.3 Å². The first kappa shape index (κ1) is 11.6. The van der Waals surface area contributed by atoms with E-state index in [9.17, 15) is 5.11 Å². The maximum absolute atomic E-state index is 9.55. The van der Waals surface area contributed by atoms with Crippen molar-refractivity contribution in [3.63, 3.8) is 0 Å². The van der Waals surface area contributed by atoms with Gasteiger partial charge in [0.1, 0.15) is 0 Å². The van der Waals surface area contributed by atoms with Crippen LogP contribution in [0.1, 0.15) is 24.8 Å². The zero-order chi connectivity index (χ0) is 11.2. The van der Waals surface area contributed by atoms with Crippen LogP contribution in [0.15, 0.2) is 30.3 Å². The summed E-state index contributed by atoms with van der Waals surface area (Å²) in [5.74, 6) is 0. The van der Waals surface area contributed by atoms with Crippen molar-refractivity contribution < 1.29 is 5.11 Å². The molecule has 16 heavy (non-hydrogen) atoms. The maximum Gasteiger partial charge on any atom is 0.0667 e. The number of hydrogen-bond acceptors (Lipinski definition) is 2. The second kappa shape index (κ2) is 6.02. The predicted molar refractivity (Wildman–Crippen MR) is 66.4 cm³/mol. The average Bonchev–Trinajstić information content (AvgIpc) is 2.30. The third-order valence-electron chi connectivity index (χ3n) is 3.26. The Morgan fingerprint density at radius 2 is 2.06 bits per heavy atom. The summed E-state index contributed by atoms with van der Waals surface area (Å²) < 4.78 is 0. The first-order valence-corrected chi connectivity index (χ1v) is 6.29. The molecule has 1 aliphatic heterocycles. The zero-order valence-corrected chi connectivity index (χ0v) is 9.81. The van der Waals surface area contributed by atoms with Gasteiger partial charge in [0.2, 0.25) is 0 Å². The molecule has 2 heteroatoms. The second-order valence-corrected chi connectivity index (χ2v) is 4.69. The Hall–Kier alpha value is -0.860. The molecule has 1 saturated heterocycles. The molecule has 0 amide bonds. The fourth-order valence-electron chi connectivity index (χ4n) is 2.39. The van der Waals surface area contributed by atoms with Crippen LogP contribution in [0.4, 0.5) is 0 Å². The molecule has 0 saturated carbocycles. The van der Waals surface area contributed by atoms with E-state index < -0.39 is 0 Å². The van der Waals surface area contributed by atoms with Crippen molar-refractivity contribution in [2.45, 2.75) is 31.8 Å². The molecule has 0 aliphatic carbocycles. The lowest BCUT2D eigenvalue weighted by Crippen LogP contribution is -2.38. The van der Waals surface area contributed by atoms with Gasteiger partial charge in [-0.2, -0.15) is 0 Å². The topological polar surface area (TPSA) is 23.5 Å². The van der Waals surface area contributed by atoms with Crippen LogP contribution in [-0.2, 0) is 6.42 Å². The molecule has 1 aromatic rings. The number of benzene rings is 1. The molecule has 0 radical (unpaired) electrons. The molecule has 0 bridgehead atoms. The molecule has 1 aliphatic rings. The summed E-state index contributed by atoms with van der Waals surface area (Å²) in [4.78, 5) is 2.39. The van der Waals surface area contributed by atoms with Gasteiger partial charge >= 0.3 is 0 Å². The lowest BCUT2D eigenvalue weighted by Gasteiger charge is -2.29. The van der Waals surface area contributed by atoms with Crippen LogP contribution in [0.5, 0.6) is 0 Å². The van der Waals surface area contributed by atoms with Crippen molar-refractivity contribution in [3.05, 3.63) is 35.9 Å². The van der Waals surface area contributed by atoms with E-state index in [1.54, 1.807) is 0 Å². The molecular weight excluding hydrogens is 198 g/mol. The van der Waals surface area contributed by atoms with Crippen LogP contribution in [0.3, 0.4) is 0 Å². The Balaban J connectivity index is 1.68. The first-order chi connectivity index (χ1) is 7.84. The average molecular weight is 219 g/mol. The normalized spacial score (nSPS) is 22.2. The van der Waals surface area contributed by atoms with E-state index in [0.717, 1.165) is 38.9 Å². The van der Waals surface area contributed by atoms with Gasteiger partial charge in [-0.3, -0.25) is 0 Å². The largest absolute Gasteiger partial charge is 0.392 e. The molecule has 0 spiro atoms. The first-order valence-electron chi connectivity index (χ1n) is 6.29. The molecule has 1 aromatic carbocycles. The summed E-state index contributed by atoms with van der Waals surface area (Å²) in [5, 5.41) is 9.55. The third-order valence-corrected chi connectivity index (χ3v) is 3.26. The molecule has 1 N–H and O–H groups in total. The van der Waals surface area contributed by atoms with E-state index in [-0.39, 0.29) is 6.10 Å². The van der Waals surface area contributed by atoms with Crippen molar-refractivity contribution in [1.82, 2.24) is 4.90 Å². The minimum absolute atomic E-state index is 0.0922. The van der Waals surface area contributed by atoms with E-state index in [1.807, 2.05) is 0 Å². The van der Waals surface area contributed by atoms with Gasteiger partial charge in [0.15, 0.2) is 0 Å². The van der Waals surface area contributed by atoms with Gasteiger partial charge in [-0.15, -0.1) is 0 Å². The van der Waals surface area contributed by atoms with Crippen LogP contribution in [0.2, 0.25) is 0 Å². The van der Waals surface area contributed by atoms with Crippen molar-refractivity contribution in [2.24, 2.45) is 0 Å². The number of rotatable bonds is 4. The van der Waals surface area contributed by atoms with Crippen molar-refractivity contribution >= 4 is 0 Å². The summed E-state index contributed by atoms with van der Waals surface area (Å²) in [6, 6.07) is 10.6. The third kappa shape index (κ3) is 3.62. The van der Waals surface area contributed by atoms with Crippen molar-refractivity contribution in [3.8, 4) is 0 Å². The van der Waals surface area contributed by atoms with Crippen LogP contribution in [0, 0.1) is 0 Å². The molecular formula is C14H21NO. The fraction of sp³-hybridized carbons (Fsp3) is 0.571. The number of β-amino-alcohol motifs (C(OH)–C–C–N with tert-alkyl or cyclic N) is 1. The number of hydrogen-bond donors (Lipinski definition) is 1. The van der Waals surface area contributed by atoms with Crippen LogP contribution >= 0.6 is 0 Å². The van der Waals surface area contributed by atoms with E-state index in [4.69, 9.17) is 0 Å². The molecule has 1 heterocycles. The highest BCUT2D eigenvalue weighted by atomic mass is 16.3. The Kier molecular flexibility index (Phi) is 4.37. The van der Waals surface area contributed by atoms with E-state index >= 15 is 0 Å². The van der Waals surface area contributed by atoms with Gasteiger partial charge in [0.05, 0.1) is 6.10 Å². The minimum atomic E-state index is -0.0922. The lowest BCUT2D eigenvalue weighted by atomic mass is 10.1. The number of aryl methyl sites for hydroxylation is 1. The van der Waals surface area contributed by atoms with E-state index in [2.05, 4.69) is 35.2 Å². The predicted octanol–water partition coefficient (Wildman–Crippen LogP) is 2.08. The van der Waals surface area contributed by atoms with Crippen LogP contribution in [0.25, 0.3) is 0 Å². The Labute approximate surface area is 97.9 Å². The van der Waals surface area contributed by atoms with Gasteiger partial charge in [0, 0.05) is 6.54 Å². The highest BCUT2D eigenvalue weighted by molar-refractivity contribution is 5.14. The fourth-order valence-corrected chi connectivity index (χ4v) is 2.39. The van der Waals surface area contributed by atoms with Crippen molar-refractivity contribution in [1.29, 1.82) is 0 Å². The van der Waals surface area contributed by atoms with Gasteiger partial charge in [-0.25, -0.2) is 0 Å². The molecule has 2 rings (SSSR count). The maximum atomic E-state index is 9.55. The van der Waals surface area contributed by atoms with Gasteiger partial charge in [0.25, 0.3) is 0 Å². The standard InChI is InChI=1S/C14H21NO/c16-14-9-5-11-15(12-14)10-4-8-13-6-2-1-3-7-13/h1-3,6-7,14,16H,4-5,8-12H2/t14-/m0/s1. The molecule has 88 valence electrons. The van der Waals surface area contributed by atoms with E-state index in [1.165, 1.54) is 12.0 Å². The lowest BCUT2D eigenvalue weighted by molar-refractivity contribution is 0.0702. The Morgan fingerprint density at radius 3 is 2.81 bits per heavy atom. The molecule has 1 fully saturated rings. The molecule has 0 aromatic heterocycles. The number of aliphatic hydroxyl groups excluding tert-OH is 1. The molecule has 0 unspecified atom stereocenters. The van der Waals surface area contributed by atoms with E-state index in [0.29, 0.717) is 0 Å². The van der Waals surface area contributed by atoms with Crippen LogP contribution in [-0.4, -0.2) is 35.7 Å². The van der Waals surface area contributed by atoms with Gasteiger partial charge < -0.3 is 10.0 Å². The Bertz CT molecular complexity index is 299. The van der Waals surface area contributed by atoms with Crippen LogP contribution < -0.4 is 0 Å². The van der Waals surface area contributed by atoms with Crippen molar-refractivity contribution in [2.75, 3.05) is 19.6 Å². The smallest absolute Gasteiger partial charge is 0.0667 e. The highest BCUT2D eigenvalue weighted by Gasteiger charge is 2.16. The number of nitrogens with zero attached hydrogens (tertiary/aromatic N) is 1.